The van der Waals surface area contributed by atoms with Gasteiger partial charge in [0.25, 0.3) is 0 Å². The minimum absolute atomic E-state index is 0.432. The standard InChI is InChI=1S/C14H22N2O/c1-4-14(17)13-6-5-12(8-15-13)16-9-10(2)7-11(16)3/h5-6,8,10-11,14,17H,4,7,9H2,1-3H3/t10?,11?,14-/m0/s1. The summed E-state index contributed by atoms with van der Waals surface area (Å²) in [5.41, 5.74) is 1.95. The number of hydrogen-bond donors (Lipinski definition) is 1. The summed E-state index contributed by atoms with van der Waals surface area (Å²) in [6.07, 6.45) is 3.42. The lowest BCUT2D eigenvalue weighted by Crippen LogP contribution is -2.26. The molecule has 2 unspecified atom stereocenters. The fourth-order valence-electron chi connectivity index (χ4n) is 2.63. The van der Waals surface area contributed by atoms with Gasteiger partial charge in [0, 0.05) is 12.6 Å². The second-order valence-electron chi connectivity index (χ2n) is 5.21. The van der Waals surface area contributed by atoms with Gasteiger partial charge in [0.1, 0.15) is 0 Å². The summed E-state index contributed by atoms with van der Waals surface area (Å²) in [7, 11) is 0. The summed E-state index contributed by atoms with van der Waals surface area (Å²) >= 11 is 0. The molecule has 0 aliphatic carbocycles. The van der Waals surface area contributed by atoms with Crippen LogP contribution in [-0.2, 0) is 0 Å². The third kappa shape index (κ3) is 2.60. The Labute approximate surface area is 103 Å². The molecule has 0 spiro atoms. The summed E-state index contributed by atoms with van der Waals surface area (Å²) in [4.78, 5) is 6.76. The fraction of sp³-hybridized carbons (Fsp3) is 0.643. The molecule has 17 heavy (non-hydrogen) atoms. The Balaban J connectivity index is 2.13. The van der Waals surface area contributed by atoms with Gasteiger partial charge in [0.05, 0.1) is 23.7 Å². The van der Waals surface area contributed by atoms with E-state index >= 15 is 0 Å². The molecule has 0 saturated carbocycles. The Bertz CT molecular complexity index is 363. The third-order valence-electron chi connectivity index (χ3n) is 3.61. The lowest BCUT2D eigenvalue weighted by molar-refractivity contribution is 0.169. The van der Waals surface area contributed by atoms with Crippen molar-refractivity contribution >= 4 is 5.69 Å². The molecule has 0 bridgehead atoms. The highest BCUT2D eigenvalue weighted by molar-refractivity contribution is 5.47. The summed E-state index contributed by atoms with van der Waals surface area (Å²) in [6.45, 7) is 7.63. The van der Waals surface area contributed by atoms with Crippen molar-refractivity contribution in [3.63, 3.8) is 0 Å². The van der Waals surface area contributed by atoms with E-state index in [1.54, 1.807) is 0 Å². The van der Waals surface area contributed by atoms with Crippen LogP contribution < -0.4 is 4.90 Å². The van der Waals surface area contributed by atoms with Crippen LogP contribution in [0.25, 0.3) is 0 Å². The number of aliphatic hydroxyl groups is 1. The highest BCUT2D eigenvalue weighted by atomic mass is 16.3. The Kier molecular flexibility index (Phi) is 3.67. The molecule has 1 fully saturated rings. The minimum Gasteiger partial charge on any atom is -0.387 e. The predicted octanol–water partition coefficient (Wildman–Crippen LogP) is 2.76. The van der Waals surface area contributed by atoms with E-state index in [0.29, 0.717) is 12.5 Å². The summed E-state index contributed by atoms with van der Waals surface area (Å²) < 4.78 is 0. The number of rotatable bonds is 3. The van der Waals surface area contributed by atoms with E-state index in [0.717, 1.165) is 18.2 Å². The molecule has 2 rings (SSSR count). The van der Waals surface area contributed by atoms with Crippen molar-refractivity contribution in [2.45, 2.75) is 45.8 Å². The van der Waals surface area contributed by atoms with Crippen molar-refractivity contribution in [1.29, 1.82) is 0 Å². The lowest BCUT2D eigenvalue weighted by atomic mass is 10.1. The van der Waals surface area contributed by atoms with Crippen LogP contribution in [0.15, 0.2) is 18.3 Å². The molecule has 0 amide bonds. The molecular formula is C14H22N2O. The first-order valence-electron chi connectivity index (χ1n) is 6.52. The smallest absolute Gasteiger partial charge is 0.0957 e. The fourth-order valence-corrected chi connectivity index (χ4v) is 2.63. The van der Waals surface area contributed by atoms with Crippen molar-refractivity contribution in [2.24, 2.45) is 5.92 Å². The van der Waals surface area contributed by atoms with Gasteiger partial charge < -0.3 is 10.0 Å². The summed E-state index contributed by atoms with van der Waals surface area (Å²) in [5, 5.41) is 9.70. The van der Waals surface area contributed by atoms with Gasteiger partial charge in [-0.15, -0.1) is 0 Å². The van der Waals surface area contributed by atoms with Crippen molar-refractivity contribution in [3.8, 4) is 0 Å². The van der Waals surface area contributed by atoms with Crippen molar-refractivity contribution < 1.29 is 5.11 Å². The van der Waals surface area contributed by atoms with E-state index < -0.39 is 6.10 Å². The maximum absolute atomic E-state index is 9.70. The molecule has 0 radical (unpaired) electrons. The predicted molar refractivity (Wildman–Crippen MR) is 70.1 cm³/mol. The summed E-state index contributed by atoms with van der Waals surface area (Å²) in [6, 6.07) is 4.61. The maximum atomic E-state index is 9.70. The second-order valence-corrected chi connectivity index (χ2v) is 5.21. The molecule has 1 N–H and O–H groups in total. The second kappa shape index (κ2) is 5.05. The van der Waals surface area contributed by atoms with Crippen LogP contribution in [0.5, 0.6) is 0 Å². The van der Waals surface area contributed by atoms with Crippen LogP contribution in [0.1, 0.15) is 45.4 Å². The first kappa shape index (κ1) is 12.4. The van der Waals surface area contributed by atoms with E-state index in [4.69, 9.17) is 0 Å². The molecule has 94 valence electrons. The van der Waals surface area contributed by atoms with E-state index in [2.05, 4.69) is 29.8 Å². The molecule has 3 atom stereocenters. The number of aliphatic hydroxyl groups excluding tert-OH is 1. The van der Waals surface area contributed by atoms with Crippen molar-refractivity contribution in [3.05, 3.63) is 24.0 Å². The van der Waals surface area contributed by atoms with Gasteiger partial charge in [-0.05, 0) is 37.8 Å². The number of nitrogens with zero attached hydrogens (tertiary/aromatic N) is 2. The van der Waals surface area contributed by atoms with E-state index in [9.17, 15) is 5.11 Å². The molecule has 2 heterocycles. The van der Waals surface area contributed by atoms with Crippen LogP contribution in [0.3, 0.4) is 0 Å². The number of pyridine rings is 1. The van der Waals surface area contributed by atoms with Gasteiger partial charge in [-0.1, -0.05) is 13.8 Å². The van der Waals surface area contributed by atoms with Gasteiger partial charge in [-0.2, -0.15) is 0 Å². The minimum atomic E-state index is -0.432. The third-order valence-corrected chi connectivity index (χ3v) is 3.61. The molecular weight excluding hydrogens is 212 g/mol. The maximum Gasteiger partial charge on any atom is 0.0957 e. The van der Waals surface area contributed by atoms with Crippen LogP contribution in [0, 0.1) is 5.92 Å². The zero-order chi connectivity index (χ0) is 12.4. The van der Waals surface area contributed by atoms with E-state index in [1.165, 1.54) is 12.1 Å². The van der Waals surface area contributed by atoms with Gasteiger partial charge in [-0.3, -0.25) is 4.98 Å². The Hall–Kier alpha value is -1.09. The molecule has 3 nitrogen and oxygen atoms in total. The quantitative estimate of drug-likeness (QED) is 0.873. The molecule has 1 aliphatic rings. The Morgan fingerprint density at radius 1 is 1.47 bits per heavy atom. The van der Waals surface area contributed by atoms with Crippen LogP contribution in [-0.4, -0.2) is 22.7 Å². The summed E-state index contributed by atoms with van der Waals surface area (Å²) in [5.74, 6) is 0.755. The van der Waals surface area contributed by atoms with Gasteiger partial charge in [-0.25, -0.2) is 0 Å². The Morgan fingerprint density at radius 3 is 2.71 bits per heavy atom. The zero-order valence-corrected chi connectivity index (χ0v) is 10.9. The molecule has 3 heteroatoms. The Morgan fingerprint density at radius 2 is 2.24 bits per heavy atom. The average Bonchev–Trinajstić information content (AvgIpc) is 2.68. The van der Waals surface area contributed by atoms with E-state index in [1.807, 2.05) is 19.2 Å². The molecule has 0 aromatic carbocycles. The topological polar surface area (TPSA) is 36.4 Å². The SMILES string of the molecule is CC[C@H](O)c1ccc(N2CC(C)CC2C)cn1. The first-order chi connectivity index (χ1) is 8.11. The largest absolute Gasteiger partial charge is 0.387 e. The van der Waals surface area contributed by atoms with Gasteiger partial charge in [0.15, 0.2) is 0 Å². The molecule has 1 saturated heterocycles. The normalized spacial score (nSPS) is 26.2. The molecule has 1 aliphatic heterocycles. The monoisotopic (exact) mass is 234 g/mol. The van der Waals surface area contributed by atoms with Crippen molar-refractivity contribution in [1.82, 2.24) is 4.98 Å². The van der Waals surface area contributed by atoms with Crippen LogP contribution >= 0.6 is 0 Å². The van der Waals surface area contributed by atoms with Crippen LogP contribution in [0.2, 0.25) is 0 Å². The highest BCUT2D eigenvalue weighted by Gasteiger charge is 2.26. The first-order valence-corrected chi connectivity index (χ1v) is 6.52. The van der Waals surface area contributed by atoms with Crippen molar-refractivity contribution in [2.75, 3.05) is 11.4 Å². The zero-order valence-electron chi connectivity index (χ0n) is 10.9. The number of anilines is 1. The van der Waals surface area contributed by atoms with Gasteiger partial charge in [0.2, 0.25) is 0 Å². The number of hydrogen-bond acceptors (Lipinski definition) is 3. The lowest BCUT2D eigenvalue weighted by Gasteiger charge is -2.23. The average molecular weight is 234 g/mol. The molecule has 1 aromatic rings. The van der Waals surface area contributed by atoms with Gasteiger partial charge >= 0.3 is 0 Å². The van der Waals surface area contributed by atoms with E-state index in [-0.39, 0.29) is 0 Å². The van der Waals surface area contributed by atoms with Crippen LogP contribution in [0.4, 0.5) is 5.69 Å². The number of aromatic nitrogens is 1. The highest BCUT2D eigenvalue weighted by Crippen LogP contribution is 2.28. The molecule has 1 aromatic heterocycles.